The third kappa shape index (κ3) is 3.66. The molecule has 3 aromatic carbocycles. The predicted molar refractivity (Wildman–Crippen MR) is 117 cm³/mol. The van der Waals surface area contributed by atoms with Crippen LogP contribution in [0.4, 0.5) is 4.39 Å². The maximum absolute atomic E-state index is 13.7. The zero-order valence-electron chi connectivity index (χ0n) is 15.7. The Morgan fingerprint density at radius 1 is 0.966 bits per heavy atom. The lowest BCUT2D eigenvalue weighted by atomic mass is 9.95. The van der Waals surface area contributed by atoms with E-state index in [0.29, 0.717) is 27.6 Å². The molecule has 0 bridgehead atoms. The first-order valence-electron chi connectivity index (χ1n) is 9.12. The highest BCUT2D eigenvalue weighted by molar-refractivity contribution is 9.10. The van der Waals surface area contributed by atoms with E-state index in [1.165, 1.54) is 23.6 Å². The number of nitrogens with zero attached hydrogens (tertiary/aromatic N) is 1. The standard InChI is InChI=1S/C24H17BrFNO2/c1-15(28)23-22(17-7-3-2-4-8-17)21-13-18(25)10-11-20(21)24(29)27(23)14-16-6-5-9-19(26)12-16/h2-13H,14H2,1H3. The second-order valence-electron chi connectivity index (χ2n) is 6.86. The van der Waals surface area contributed by atoms with Gasteiger partial charge in [0.1, 0.15) is 5.82 Å². The minimum Gasteiger partial charge on any atom is -0.300 e. The summed E-state index contributed by atoms with van der Waals surface area (Å²) in [7, 11) is 0. The highest BCUT2D eigenvalue weighted by Crippen LogP contribution is 2.33. The van der Waals surface area contributed by atoms with Crippen LogP contribution in [0.3, 0.4) is 0 Å². The van der Waals surface area contributed by atoms with Crippen molar-refractivity contribution in [3.8, 4) is 11.1 Å². The van der Waals surface area contributed by atoms with Gasteiger partial charge in [-0.2, -0.15) is 0 Å². The minimum atomic E-state index is -0.382. The molecule has 0 saturated heterocycles. The second kappa shape index (κ2) is 7.76. The van der Waals surface area contributed by atoms with Crippen molar-refractivity contribution in [2.24, 2.45) is 0 Å². The van der Waals surface area contributed by atoms with Gasteiger partial charge in [-0.05, 0) is 46.8 Å². The Hall–Kier alpha value is -3.05. The van der Waals surface area contributed by atoms with Crippen molar-refractivity contribution >= 4 is 32.5 Å². The number of carbonyl (C=O) groups is 1. The van der Waals surface area contributed by atoms with Crippen LogP contribution in [0.1, 0.15) is 23.0 Å². The molecule has 29 heavy (non-hydrogen) atoms. The molecular formula is C24H17BrFNO2. The molecule has 0 aliphatic carbocycles. The Bertz CT molecular complexity index is 1300. The van der Waals surface area contributed by atoms with E-state index < -0.39 is 0 Å². The van der Waals surface area contributed by atoms with Crippen molar-refractivity contribution in [3.05, 3.63) is 105 Å². The van der Waals surface area contributed by atoms with E-state index in [0.717, 1.165) is 10.0 Å². The van der Waals surface area contributed by atoms with Crippen molar-refractivity contribution in [2.75, 3.05) is 0 Å². The van der Waals surface area contributed by atoms with E-state index in [1.807, 2.05) is 36.4 Å². The summed E-state index contributed by atoms with van der Waals surface area (Å²) in [6.45, 7) is 1.56. The lowest BCUT2D eigenvalue weighted by molar-refractivity contribution is 0.100. The van der Waals surface area contributed by atoms with E-state index in [1.54, 1.807) is 24.3 Å². The van der Waals surface area contributed by atoms with Gasteiger partial charge >= 0.3 is 0 Å². The molecular weight excluding hydrogens is 433 g/mol. The van der Waals surface area contributed by atoms with Gasteiger partial charge in [0.2, 0.25) is 0 Å². The summed E-state index contributed by atoms with van der Waals surface area (Å²) in [4.78, 5) is 26.1. The van der Waals surface area contributed by atoms with Crippen molar-refractivity contribution in [1.82, 2.24) is 4.57 Å². The van der Waals surface area contributed by atoms with Crippen LogP contribution in [0.25, 0.3) is 21.9 Å². The number of aromatic nitrogens is 1. The SMILES string of the molecule is CC(=O)c1c(-c2ccccc2)c2cc(Br)ccc2c(=O)n1Cc1cccc(F)c1. The van der Waals surface area contributed by atoms with Gasteiger partial charge in [0.25, 0.3) is 5.56 Å². The van der Waals surface area contributed by atoms with Gasteiger partial charge in [0.15, 0.2) is 5.78 Å². The smallest absolute Gasteiger partial charge is 0.259 e. The van der Waals surface area contributed by atoms with Crippen LogP contribution in [0.15, 0.2) is 82.1 Å². The van der Waals surface area contributed by atoms with Crippen LogP contribution in [0, 0.1) is 5.82 Å². The van der Waals surface area contributed by atoms with Gasteiger partial charge in [-0.1, -0.05) is 58.4 Å². The monoisotopic (exact) mass is 449 g/mol. The number of rotatable bonds is 4. The van der Waals surface area contributed by atoms with Crippen LogP contribution in [0.5, 0.6) is 0 Å². The van der Waals surface area contributed by atoms with Gasteiger partial charge < -0.3 is 0 Å². The number of ketones is 1. The van der Waals surface area contributed by atoms with E-state index in [-0.39, 0.29) is 23.7 Å². The van der Waals surface area contributed by atoms with Crippen LogP contribution in [0.2, 0.25) is 0 Å². The average molecular weight is 450 g/mol. The highest BCUT2D eigenvalue weighted by atomic mass is 79.9. The van der Waals surface area contributed by atoms with Crippen molar-refractivity contribution < 1.29 is 9.18 Å². The first kappa shape index (κ1) is 19.3. The molecule has 0 N–H and O–H groups in total. The number of fused-ring (bicyclic) bond motifs is 1. The number of hydrogen-bond donors (Lipinski definition) is 0. The summed E-state index contributed by atoms with van der Waals surface area (Å²) >= 11 is 3.47. The second-order valence-corrected chi connectivity index (χ2v) is 7.77. The molecule has 0 fully saturated rings. The topological polar surface area (TPSA) is 39.1 Å². The Balaban J connectivity index is 2.12. The fraction of sp³-hybridized carbons (Fsp3) is 0.0833. The van der Waals surface area contributed by atoms with Gasteiger partial charge in [-0.3, -0.25) is 14.2 Å². The summed E-state index contributed by atoms with van der Waals surface area (Å²) in [5, 5.41) is 1.21. The minimum absolute atomic E-state index is 0.108. The molecule has 0 atom stereocenters. The van der Waals surface area contributed by atoms with E-state index >= 15 is 0 Å². The van der Waals surface area contributed by atoms with E-state index in [2.05, 4.69) is 15.9 Å². The van der Waals surface area contributed by atoms with E-state index in [4.69, 9.17) is 0 Å². The first-order chi connectivity index (χ1) is 14.0. The summed E-state index contributed by atoms with van der Waals surface area (Å²) in [5.41, 5.74) is 2.20. The molecule has 1 heterocycles. The molecule has 4 rings (SSSR count). The molecule has 3 nitrogen and oxygen atoms in total. The number of halogens is 2. The zero-order chi connectivity index (χ0) is 20.5. The van der Waals surface area contributed by atoms with Gasteiger partial charge in [-0.15, -0.1) is 0 Å². The fourth-order valence-corrected chi connectivity index (χ4v) is 4.01. The normalized spacial score (nSPS) is 11.0. The van der Waals surface area contributed by atoms with E-state index in [9.17, 15) is 14.0 Å². The Morgan fingerprint density at radius 3 is 2.41 bits per heavy atom. The average Bonchev–Trinajstić information content (AvgIpc) is 2.70. The number of hydrogen-bond acceptors (Lipinski definition) is 2. The molecule has 0 amide bonds. The molecule has 0 aliphatic rings. The number of benzene rings is 3. The van der Waals surface area contributed by atoms with Gasteiger partial charge in [0.05, 0.1) is 12.2 Å². The highest BCUT2D eigenvalue weighted by Gasteiger charge is 2.21. The predicted octanol–water partition coefficient (Wildman–Crippen LogP) is 5.82. The zero-order valence-corrected chi connectivity index (χ0v) is 17.2. The molecule has 0 aliphatic heterocycles. The van der Waals surface area contributed by atoms with Crippen LogP contribution < -0.4 is 5.56 Å². The number of pyridine rings is 1. The van der Waals surface area contributed by atoms with Crippen molar-refractivity contribution in [1.29, 1.82) is 0 Å². The molecule has 144 valence electrons. The van der Waals surface area contributed by atoms with Crippen molar-refractivity contribution in [2.45, 2.75) is 13.5 Å². The van der Waals surface area contributed by atoms with Crippen LogP contribution in [-0.4, -0.2) is 10.4 Å². The lowest BCUT2D eigenvalue weighted by Crippen LogP contribution is -2.27. The van der Waals surface area contributed by atoms with Crippen LogP contribution >= 0.6 is 15.9 Å². The number of Topliss-reactive ketones (excluding diaryl/α,β-unsaturated/α-hetero) is 1. The van der Waals surface area contributed by atoms with Crippen molar-refractivity contribution in [3.63, 3.8) is 0 Å². The van der Waals surface area contributed by atoms with Gasteiger partial charge in [0, 0.05) is 22.3 Å². The first-order valence-corrected chi connectivity index (χ1v) is 9.92. The summed E-state index contributed by atoms with van der Waals surface area (Å²) < 4.78 is 16.0. The molecule has 5 heteroatoms. The molecule has 4 aromatic rings. The Kier molecular flexibility index (Phi) is 5.16. The quantitative estimate of drug-likeness (QED) is 0.368. The molecule has 1 aromatic heterocycles. The maximum atomic E-state index is 13.7. The maximum Gasteiger partial charge on any atom is 0.259 e. The Labute approximate surface area is 175 Å². The largest absolute Gasteiger partial charge is 0.300 e. The summed E-state index contributed by atoms with van der Waals surface area (Å²) in [6, 6.07) is 21.0. The summed E-state index contributed by atoms with van der Waals surface area (Å²) in [6.07, 6.45) is 0. The fourth-order valence-electron chi connectivity index (χ4n) is 3.65. The third-order valence-corrected chi connectivity index (χ3v) is 5.35. The lowest BCUT2D eigenvalue weighted by Gasteiger charge is -2.19. The summed E-state index contributed by atoms with van der Waals surface area (Å²) in [5.74, 6) is -0.604. The number of carbonyl (C=O) groups excluding carboxylic acids is 1. The molecule has 0 radical (unpaired) electrons. The Morgan fingerprint density at radius 2 is 1.72 bits per heavy atom. The van der Waals surface area contributed by atoms with Gasteiger partial charge in [-0.25, -0.2) is 4.39 Å². The molecule has 0 spiro atoms. The van der Waals surface area contributed by atoms with Crippen LogP contribution in [-0.2, 0) is 6.54 Å². The molecule has 0 saturated carbocycles. The molecule has 0 unspecified atom stereocenters. The third-order valence-electron chi connectivity index (χ3n) is 4.86.